The zero-order valence-electron chi connectivity index (χ0n) is 17.5. The number of carbonyl (C=O) groups is 2. The van der Waals surface area contributed by atoms with Crippen LogP contribution in [0.4, 0.5) is 13.2 Å². The molecule has 0 aromatic carbocycles. The first-order valence-electron chi connectivity index (χ1n) is 10.2. The van der Waals surface area contributed by atoms with Gasteiger partial charge >= 0.3 is 6.18 Å². The van der Waals surface area contributed by atoms with E-state index in [1.54, 1.807) is 31.2 Å². The smallest absolute Gasteiger partial charge is 0.411 e. The van der Waals surface area contributed by atoms with Gasteiger partial charge in [-0.25, -0.2) is 4.98 Å². The molecular weight excluding hydrogens is 427 g/mol. The molecule has 0 spiro atoms. The van der Waals surface area contributed by atoms with Gasteiger partial charge in [0, 0.05) is 42.1 Å². The maximum absolute atomic E-state index is 12.6. The highest BCUT2D eigenvalue weighted by molar-refractivity contribution is 5.94. The molecule has 3 rings (SSSR count). The number of ether oxygens (including phenoxy) is 2. The number of amides is 1. The Labute approximate surface area is 183 Å². The third-order valence-corrected chi connectivity index (χ3v) is 4.82. The van der Waals surface area contributed by atoms with Crippen LogP contribution in [0.15, 0.2) is 36.7 Å². The van der Waals surface area contributed by atoms with E-state index in [4.69, 9.17) is 4.74 Å². The lowest BCUT2D eigenvalue weighted by Gasteiger charge is -2.15. The summed E-state index contributed by atoms with van der Waals surface area (Å²) in [5.74, 6) is 0.231. The fourth-order valence-electron chi connectivity index (χ4n) is 2.93. The van der Waals surface area contributed by atoms with E-state index in [0.29, 0.717) is 11.3 Å². The van der Waals surface area contributed by atoms with Crippen LogP contribution in [-0.4, -0.2) is 47.7 Å². The monoisotopic (exact) mass is 451 g/mol. The van der Waals surface area contributed by atoms with Gasteiger partial charge in [0.1, 0.15) is 19.0 Å². The molecule has 2 aromatic rings. The second kappa shape index (κ2) is 10.5. The number of hydrogen-bond donors (Lipinski definition) is 1. The average molecular weight is 451 g/mol. The summed E-state index contributed by atoms with van der Waals surface area (Å²) in [6.45, 7) is 0.187. The van der Waals surface area contributed by atoms with E-state index in [2.05, 4.69) is 20.0 Å². The van der Waals surface area contributed by atoms with Gasteiger partial charge in [-0.1, -0.05) is 6.07 Å². The van der Waals surface area contributed by atoms with E-state index in [9.17, 15) is 22.8 Å². The van der Waals surface area contributed by atoms with Gasteiger partial charge < -0.3 is 14.8 Å². The van der Waals surface area contributed by atoms with Gasteiger partial charge in [0.15, 0.2) is 0 Å². The molecular formula is C22H24F3N3O4. The highest BCUT2D eigenvalue weighted by Gasteiger charge is 2.29. The fourth-order valence-corrected chi connectivity index (χ4v) is 2.93. The predicted molar refractivity (Wildman–Crippen MR) is 108 cm³/mol. The molecule has 0 saturated heterocycles. The largest absolute Gasteiger partial charge is 0.475 e. The first-order valence-corrected chi connectivity index (χ1v) is 10.2. The summed E-state index contributed by atoms with van der Waals surface area (Å²) in [4.78, 5) is 32.8. The van der Waals surface area contributed by atoms with Crippen LogP contribution >= 0.6 is 0 Å². The quantitative estimate of drug-likeness (QED) is 0.527. The number of nitrogens with zero attached hydrogens (tertiary/aromatic N) is 2. The lowest BCUT2D eigenvalue weighted by Crippen LogP contribution is -2.27. The van der Waals surface area contributed by atoms with E-state index in [1.807, 2.05) is 0 Å². The van der Waals surface area contributed by atoms with E-state index < -0.39 is 12.8 Å². The number of Topliss-reactive ketones (excluding diaryl/α,β-unsaturated/α-hetero) is 1. The number of hydrogen-bond acceptors (Lipinski definition) is 6. The van der Waals surface area contributed by atoms with Gasteiger partial charge in [-0.15, -0.1) is 0 Å². The van der Waals surface area contributed by atoms with Crippen molar-refractivity contribution in [2.45, 2.75) is 38.4 Å². The molecule has 10 heteroatoms. The third-order valence-electron chi connectivity index (χ3n) is 4.82. The third kappa shape index (κ3) is 7.60. The van der Waals surface area contributed by atoms with Crippen molar-refractivity contribution in [2.24, 2.45) is 5.92 Å². The Balaban J connectivity index is 1.47. The van der Waals surface area contributed by atoms with Crippen molar-refractivity contribution < 1.29 is 32.2 Å². The summed E-state index contributed by atoms with van der Waals surface area (Å²) in [7, 11) is 0. The Kier molecular flexibility index (Phi) is 7.79. The van der Waals surface area contributed by atoms with Crippen LogP contribution in [0.25, 0.3) is 0 Å². The van der Waals surface area contributed by atoms with E-state index in [1.165, 1.54) is 12.4 Å². The van der Waals surface area contributed by atoms with Crippen molar-refractivity contribution in [2.75, 3.05) is 19.8 Å². The normalized spacial score (nSPS) is 14.6. The van der Waals surface area contributed by atoms with Gasteiger partial charge in [0.2, 0.25) is 5.88 Å². The predicted octanol–water partition coefficient (Wildman–Crippen LogP) is 3.45. The summed E-state index contributed by atoms with van der Waals surface area (Å²) in [5, 5.41) is 2.86. The molecule has 1 saturated carbocycles. The minimum Gasteiger partial charge on any atom is -0.475 e. The van der Waals surface area contributed by atoms with Crippen LogP contribution in [0.3, 0.4) is 0 Å². The number of halogens is 3. The first-order chi connectivity index (χ1) is 15.2. The molecule has 0 aliphatic heterocycles. The summed E-state index contributed by atoms with van der Waals surface area (Å²) in [6, 6.07) is 6.12. The molecule has 172 valence electrons. The molecule has 1 amide bonds. The minimum atomic E-state index is -4.37. The average Bonchev–Trinajstić information content (AvgIpc) is 3.59. The van der Waals surface area contributed by atoms with Gasteiger partial charge in [0.05, 0.1) is 12.6 Å². The lowest BCUT2D eigenvalue weighted by atomic mass is 10.1. The topological polar surface area (TPSA) is 90.4 Å². The zero-order valence-corrected chi connectivity index (χ0v) is 17.5. The molecule has 2 heterocycles. The second-order valence-corrected chi connectivity index (χ2v) is 7.59. The van der Waals surface area contributed by atoms with Crippen LogP contribution < -0.4 is 10.1 Å². The van der Waals surface area contributed by atoms with Crippen molar-refractivity contribution in [1.82, 2.24) is 15.3 Å². The number of alkyl halides is 3. The van der Waals surface area contributed by atoms with Gasteiger partial charge in [-0.3, -0.25) is 14.6 Å². The van der Waals surface area contributed by atoms with E-state index >= 15 is 0 Å². The minimum absolute atomic E-state index is 0.0671. The maximum atomic E-state index is 12.6. The highest BCUT2D eigenvalue weighted by Crippen LogP contribution is 2.30. The van der Waals surface area contributed by atoms with Crippen molar-refractivity contribution >= 4 is 11.7 Å². The van der Waals surface area contributed by atoms with Gasteiger partial charge in [-0.2, -0.15) is 13.2 Å². The summed E-state index contributed by atoms with van der Waals surface area (Å²) < 4.78 is 45.7. The Morgan fingerprint density at radius 3 is 2.62 bits per heavy atom. The Hall–Kier alpha value is -3.01. The Bertz CT molecular complexity index is 931. The van der Waals surface area contributed by atoms with Crippen LogP contribution in [0.5, 0.6) is 5.88 Å². The molecule has 1 atom stereocenters. The molecule has 1 fully saturated rings. The second-order valence-electron chi connectivity index (χ2n) is 7.59. The van der Waals surface area contributed by atoms with Gasteiger partial charge in [-0.05, 0) is 37.5 Å². The first kappa shape index (κ1) is 23.6. The summed E-state index contributed by atoms with van der Waals surface area (Å²) >= 11 is 0. The number of rotatable bonds is 11. The standard InChI is InChI=1S/C22H24F3N3O4/c1-14(17-4-5-20(27-12-17)32-9-8-31-13-22(23,24)25)28-21(30)16-6-7-26-18(10-16)11-19(29)15-2-3-15/h4-7,10,12,14-15H,2-3,8-9,11,13H2,1H3,(H,28,30). The van der Waals surface area contributed by atoms with Crippen LogP contribution in [0.1, 0.15) is 47.4 Å². The van der Waals surface area contributed by atoms with E-state index in [0.717, 1.165) is 18.4 Å². The Morgan fingerprint density at radius 2 is 1.97 bits per heavy atom. The SMILES string of the molecule is CC(NC(=O)c1ccnc(CC(=O)C2CC2)c1)c1ccc(OCCOCC(F)(F)F)nc1. The zero-order chi connectivity index (χ0) is 23.1. The molecule has 1 N–H and O–H groups in total. The van der Waals surface area contributed by atoms with Crippen molar-refractivity contribution in [3.05, 3.63) is 53.5 Å². The fraction of sp³-hybridized carbons (Fsp3) is 0.455. The number of nitrogens with one attached hydrogen (secondary N) is 1. The summed E-state index contributed by atoms with van der Waals surface area (Å²) in [5.41, 5.74) is 1.71. The molecule has 0 radical (unpaired) electrons. The number of aromatic nitrogens is 2. The van der Waals surface area contributed by atoms with Crippen LogP contribution in [0.2, 0.25) is 0 Å². The molecule has 2 aromatic heterocycles. The van der Waals surface area contributed by atoms with Gasteiger partial charge in [0.25, 0.3) is 5.91 Å². The van der Waals surface area contributed by atoms with Crippen LogP contribution in [0, 0.1) is 5.92 Å². The molecule has 1 unspecified atom stereocenters. The summed E-state index contributed by atoms with van der Waals surface area (Å²) in [6.07, 6.45) is 0.755. The van der Waals surface area contributed by atoms with E-state index in [-0.39, 0.29) is 49.2 Å². The van der Waals surface area contributed by atoms with Crippen LogP contribution in [-0.2, 0) is 16.0 Å². The lowest BCUT2D eigenvalue weighted by molar-refractivity contribution is -0.175. The molecule has 7 nitrogen and oxygen atoms in total. The number of pyridine rings is 2. The number of ketones is 1. The number of carbonyl (C=O) groups excluding carboxylic acids is 2. The highest BCUT2D eigenvalue weighted by atomic mass is 19.4. The molecule has 32 heavy (non-hydrogen) atoms. The molecule has 0 bridgehead atoms. The van der Waals surface area contributed by atoms with Crippen molar-refractivity contribution in [1.29, 1.82) is 0 Å². The maximum Gasteiger partial charge on any atom is 0.411 e. The molecule has 1 aliphatic rings. The molecule has 1 aliphatic carbocycles. The van der Waals surface area contributed by atoms with Crippen molar-refractivity contribution in [3.8, 4) is 5.88 Å². The Morgan fingerprint density at radius 1 is 1.19 bits per heavy atom. The van der Waals surface area contributed by atoms with Crippen molar-refractivity contribution in [3.63, 3.8) is 0 Å².